The first kappa shape index (κ1) is 19.9. The zero-order valence-electron chi connectivity index (χ0n) is 15.1. The highest BCUT2D eigenvalue weighted by atomic mass is 32.2. The highest BCUT2D eigenvalue weighted by molar-refractivity contribution is 7.90. The number of hydrogen-bond acceptors (Lipinski definition) is 3. The monoisotopic (exact) mass is 374 g/mol. The van der Waals surface area contributed by atoms with Crippen molar-refractivity contribution in [3.05, 3.63) is 77.7 Å². The number of benzene rings is 2. The third kappa shape index (κ3) is 4.03. The summed E-state index contributed by atoms with van der Waals surface area (Å²) in [4.78, 5) is 0.224. The average molecular weight is 374 g/mol. The maximum atomic E-state index is 13.2. The zero-order chi connectivity index (χ0) is 19.3. The molecular formula is C20H23FN2O2S. The molecule has 4 nitrogen and oxygen atoms in total. The van der Waals surface area contributed by atoms with E-state index in [0.29, 0.717) is 17.0 Å². The topological polar surface area (TPSA) is 65.1 Å². The predicted octanol–water partition coefficient (Wildman–Crippen LogP) is 4.11. The fourth-order valence-corrected chi connectivity index (χ4v) is 4.17. The van der Waals surface area contributed by atoms with Crippen LogP contribution in [0.2, 0.25) is 0 Å². The minimum atomic E-state index is -3.71. The molecule has 26 heavy (non-hydrogen) atoms. The minimum Gasteiger partial charge on any atom is -0.331 e. The van der Waals surface area contributed by atoms with Crippen LogP contribution in [-0.4, -0.2) is 18.9 Å². The van der Waals surface area contributed by atoms with Crippen LogP contribution >= 0.6 is 0 Å². The predicted molar refractivity (Wildman–Crippen MR) is 103 cm³/mol. The van der Waals surface area contributed by atoms with Gasteiger partial charge in [0.1, 0.15) is 5.82 Å². The van der Waals surface area contributed by atoms with Gasteiger partial charge in [-0.1, -0.05) is 25.1 Å². The van der Waals surface area contributed by atoms with Gasteiger partial charge in [-0.15, -0.1) is 0 Å². The zero-order valence-corrected chi connectivity index (χ0v) is 15.9. The standard InChI is InChI=1S/C18H16FNO2S.C2H7N/c1-13-12-18(15-8-10-16(19)11-9-15)20(14(13)2)23(21,22)17-6-4-3-5-7-17;1-2-3/h3-12H,1-2H3;2-3H2,1H3. The van der Waals surface area contributed by atoms with Gasteiger partial charge in [-0.2, -0.15) is 0 Å². The summed E-state index contributed by atoms with van der Waals surface area (Å²) in [6.07, 6.45) is 0. The molecule has 0 unspecified atom stereocenters. The van der Waals surface area contributed by atoms with Crippen molar-refractivity contribution in [3.63, 3.8) is 0 Å². The van der Waals surface area contributed by atoms with Gasteiger partial charge in [-0.05, 0) is 74.0 Å². The lowest BCUT2D eigenvalue weighted by molar-refractivity contribution is 0.587. The van der Waals surface area contributed by atoms with Gasteiger partial charge in [-0.3, -0.25) is 0 Å². The van der Waals surface area contributed by atoms with Crippen LogP contribution < -0.4 is 5.73 Å². The normalized spacial score (nSPS) is 11.0. The van der Waals surface area contributed by atoms with E-state index in [1.54, 1.807) is 49.4 Å². The van der Waals surface area contributed by atoms with E-state index in [2.05, 4.69) is 0 Å². The number of hydrogen-bond donors (Lipinski definition) is 1. The van der Waals surface area contributed by atoms with E-state index in [1.165, 1.54) is 16.1 Å². The van der Waals surface area contributed by atoms with Gasteiger partial charge in [0.05, 0.1) is 10.6 Å². The van der Waals surface area contributed by atoms with Crippen LogP contribution in [0, 0.1) is 19.7 Å². The van der Waals surface area contributed by atoms with E-state index in [1.807, 2.05) is 19.9 Å². The van der Waals surface area contributed by atoms with Gasteiger partial charge < -0.3 is 5.73 Å². The molecule has 0 bridgehead atoms. The van der Waals surface area contributed by atoms with Crippen molar-refractivity contribution < 1.29 is 12.8 Å². The Morgan fingerprint density at radius 1 is 1.00 bits per heavy atom. The third-order valence-corrected chi connectivity index (χ3v) is 5.69. The number of rotatable bonds is 3. The Labute approximate surface area is 154 Å². The number of aryl methyl sites for hydroxylation is 1. The summed E-state index contributed by atoms with van der Waals surface area (Å²) in [5, 5.41) is 0. The van der Waals surface area contributed by atoms with Gasteiger partial charge in [0, 0.05) is 5.69 Å². The van der Waals surface area contributed by atoms with Crippen molar-refractivity contribution in [1.29, 1.82) is 0 Å². The summed E-state index contributed by atoms with van der Waals surface area (Å²) in [6, 6.07) is 15.9. The molecule has 0 aliphatic rings. The molecule has 0 saturated carbocycles. The van der Waals surface area contributed by atoms with Crippen LogP contribution in [-0.2, 0) is 10.0 Å². The molecule has 0 aliphatic carbocycles. The van der Waals surface area contributed by atoms with E-state index in [9.17, 15) is 12.8 Å². The van der Waals surface area contributed by atoms with Crippen LogP contribution in [0.4, 0.5) is 4.39 Å². The average Bonchev–Trinajstić information content (AvgIpc) is 2.93. The third-order valence-electron chi connectivity index (χ3n) is 3.87. The van der Waals surface area contributed by atoms with E-state index in [0.717, 1.165) is 12.1 Å². The molecule has 0 fully saturated rings. The van der Waals surface area contributed by atoms with Crippen molar-refractivity contribution in [2.75, 3.05) is 6.54 Å². The molecule has 1 aromatic heterocycles. The van der Waals surface area contributed by atoms with E-state index < -0.39 is 10.0 Å². The van der Waals surface area contributed by atoms with E-state index >= 15 is 0 Å². The van der Waals surface area contributed by atoms with Crippen molar-refractivity contribution in [2.24, 2.45) is 5.73 Å². The van der Waals surface area contributed by atoms with Gasteiger partial charge in [-0.25, -0.2) is 16.8 Å². The highest BCUT2D eigenvalue weighted by Gasteiger charge is 2.23. The van der Waals surface area contributed by atoms with Gasteiger partial charge in [0.15, 0.2) is 0 Å². The first-order valence-corrected chi connectivity index (χ1v) is 9.72. The molecule has 3 aromatic rings. The SMILES string of the molecule is CCN.Cc1cc(-c2ccc(F)cc2)n(S(=O)(=O)c2ccccc2)c1C. The molecule has 2 N–H and O–H groups in total. The van der Waals surface area contributed by atoms with Crippen molar-refractivity contribution in [3.8, 4) is 11.3 Å². The molecule has 3 rings (SSSR count). The molecule has 2 aromatic carbocycles. The molecule has 138 valence electrons. The fourth-order valence-electron chi connectivity index (χ4n) is 2.54. The first-order chi connectivity index (χ1) is 12.3. The molecule has 1 heterocycles. The van der Waals surface area contributed by atoms with E-state index in [4.69, 9.17) is 5.73 Å². The number of nitrogens with two attached hydrogens (primary N) is 1. The summed E-state index contributed by atoms with van der Waals surface area (Å²) in [7, 11) is -3.71. The molecule has 0 atom stereocenters. The van der Waals surface area contributed by atoms with Crippen LogP contribution in [0.3, 0.4) is 0 Å². The second kappa shape index (κ2) is 8.29. The maximum absolute atomic E-state index is 13.2. The Hall–Kier alpha value is -2.44. The molecule has 0 spiro atoms. The second-order valence-electron chi connectivity index (χ2n) is 5.80. The Kier molecular flexibility index (Phi) is 6.34. The fraction of sp³-hybridized carbons (Fsp3) is 0.200. The molecule has 0 aliphatic heterocycles. The summed E-state index contributed by atoms with van der Waals surface area (Å²) in [5.74, 6) is -0.355. The van der Waals surface area contributed by atoms with Crippen molar-refractivity contribution in [1.82, 2.24) is 3.97 Å². The van der Waals surface area contributed by atoms with Gasteiger partial charge in [0.2, 0.25) is 0 Å². The number of nitrogens with zero attached hydrogens (tertiary/aromatic N) is 1. The van der Waals surface area contributed by atoms with Crippen LogP contribution in [0.1, 0.15) is 18.2 Å². The highest BCUT2D eigenvalue weighted by Crippen LogP contribution is 2.30. The lowest BCUT2D eigenvalue weighted by Crippen LogP contribution is -2.15. The summed E-state index contributed by atoms with van der Waals surface area (Å²) >= 11 is 0. The molecule has 0 radical (unpaired) electrons. The Morgan fingerprint density at radius 2 is 1.54 bits per heavy atom. The van der Waals surface area contributed by atoms with Crippen molar-refractivity contribution >= 4 is 10.0 Å². The summed E-state index contributed by atoms with van der Waals surface area (Å²) in [6.45, 7) is 6.28. The quantitative estimate of drug-likeness (QED) is 0.750. The second-order valence-corrected chi connectivity index (χ2v) is 7.58. The molecule has 0 saturated heterocycles. The number of aromatic nitrogens is 1. The van der Waals surface area contributed by atoms with Crippen LogP contribution in [0.5, 0.6) is 0 Å². The summed E-state index contributed by atoms with van der Waals surface area (Å²) < 4.78 is 40.5. The molecule has 0 amide bonds. The Balaban J connectivity index is 0.000000758. The Bertz CT molecular complexity index is 963. The van der Waals surface area contributed by atoms with E-state index in [-0.39, 0.29) is 10.7 Å². The molecule has 6 heteroatoms. The maximum Gasteiger partial charge on any atom is 0.268 e. The van der Waals surface area contributed by atoms with Crippen LogP contribution in [0.15, 0.2) is 65.6 Å². The first-order valence-electron chi connectivity index (χ1n) is 8.28. The Morgan fingerprint density at radius 3 is 2.08 bits per heavy atom. The summed E-state index contributed by atoms with van der Waals surface area (Å²) in [5.41, 5.74) is 7.54. The molecular weight excluding hydrogens is 351 g/mol. The minimum absolute atomic E-state index is 0.224. The number of halogens is 1. The van der Waals surface area contributed by atoms with Crippen LogP contribution in [0.25, 0.3) is 11.3 Å². The lowest BCUT2D eigenvalue weighted by atomic mass is 10.1. The largest absolute Gasteiger partial charge is 0.331 e. The smallest absolute Gasteiger partial charge is 0.268 e. The van der Waals surface area contributed by atoms with Gasteiger partial charge >= 0.3 is 0 Å². The van der Waals surface area contributed by atoms with Crippen molar-refractivity contribution in [2.45, 2.75) is 25.7 Å². The lowest BCUT2D eigenvalue weighted by Gasteiger charge is -2.13. The van der Waals surface area contributed by atoms with Gasteiger partial charge in [0.25, 0.3) is 10.0 Å².